The Morgan fingerprint density at radius 3 is 0.790 bits per heavy atom. The van der Waals surface area contributed by atoms with E-state index < -0.39 is 113 Å². The number of nitro groups is 1. The van der Waals surface area contributed by atoms with E-state index in [9.17, 15) is 58.4 Å². The van der Waals surface area contributed by atoms with Crippen molar-refractivity contribution >= 4 is 128 Å². The molecule has 105 heavy (non-hydrogen) atoms. The van der Waals surface area contributed by atoms with Crippen LogP contribution in [0.4, 0.5) is 5.69 Å². The van der Waals surface area contributed by atoms with Crippen LogP contribution in [0, 0.1) is 10.1 Å². The predicted octanol–water partition coefficient (Wildman–Crippen LogP) is -10.6. The van der Waals surface area contributed by atoms with E-state index >= 15 is 0 Å². The highest BCUT2D eigenvalue weighted by Crippen LogP contribution is 2.31. The third-order valence-corrected chi connectivity index (χ3v) is 16.6. The van der Waals surface area contributed by atoms with Gasteiger partial charge in [-0.05, 0) is 120 Å². The van der Waals surface area contributed by atoms with E-state index in [2.05, 4.69) is 87.5 Å². The van der Waals surface area contributed by atoms with Crippen LogP contribution in [0.3, 0.4) is 0 Å². The second-order valence-corrected chi connectivity index (χ2v) is 25.4. The number of amides is 8. The molecule has 1 rings (SSSR count). The highest BCUT2D eigenvalue weighted by molar-refractivity contribution is 8.76. The smallest absolute Gasteiger partial charge is 0.327 e. The van der Waals surface area contributed by atoms with Gasteiger partial charge in [0.15, 0.2) is 47.7 Å². The SMILES string of the molecule is NC(N)=NCCC[C@H](NC(=O)[C@H](CCCN=C(N)N)NC(=O)[C@H](CCCN=C(N)N)NC(=O)[C@H](CCCN=C(N)N)NC(=O)[C@H](CCCN=C(N)N)NC(=O)[C@H](CCCN=C(N)N)NC(=O)[C@H](CCCN=C(N)N)NC(=O)[C@@H](N)CCCN=C(N)N)C(=O)N[C@@H](CSSc1ccc([N+](=O)[O-])cn1)C(=O)O. The summed E-state index contributed by atoms with van der Waals surface area (Å²) in [5.74, 6) is -11.5. The summed E-state index contributed by atoms with van der Waals surface area (Å²) in [5, 5.41) is 42.4. The number of carbonyl (C=O) groups is 9. The van der Waals surface area contributed by atoms with Crippen LogP contribution in [0.15, 0.2) is 63.3 Å². The minimum atomic E-state index is -1.59. The number of aromatic nitrogens is 1. The van der Waals surface area contributed by atoms with Crippen molar-refractivity contribution in [2.24, 2.45) is 137 Å². The Bertz CT molecular complexity index is 3200. The van der Waals surface area contributed by atoms with Crippen LogP contribution in [0.25, 0.3) is 0 Å². The molecule has 0 spiro atoms. The fraction of sp³-hybridized carbons (Fsp3) is 0.607. The van der Waals surface area contributed by atoms with Crippen molar-refractivity contribution in [3.63, 3.8) is 0 Å². The second-order valence-electron chi connectivity index (χ2n) is 23.0. The maximum absolute atomic E-state index is 14.9. The third-order valence-electron chi connectivity index (χ3n) is 14.3. The van der Waals surface area contributed by atoms with Crippen molar-refractivity contribution in [1.29, 1.82) is 0 Å². The number of carboxylic acid groups (broad SMARTS) is 1. The zero-order valence-corrected chi connectivity index (χ0v) is 59.8. The first-order valence-electron chi connectivity index (χ1n) is 32.8. The number of rotatable bonds is 54. The van der Waals surface area contributed by atoms with Crippen LogP contribution >= 0.6 is 21.6 Å². The molecule has 0 aliphatic heterocycles. The molecular weight excluding hydrogens is 1420 g/mol. The van der Waals surface area contributed by atoms with Gasteiger partial charge in [0.25, 0.3) is 5.69 Å². The number of aliphatic carboxylic acids is 1. The van der Waals surface area contributed by atoms with Crippen LogP contribution in [-0.4, -0.2) is 228 Å². The molecule has 1 heterocycles. The molecule has 0 radical (unpaired) electrons. The zero-order valence-electron chi connectivity index (χ0n) is 58.1. The quantitative estimate of drug-likeness (QED) is 0.00719. The Morgan fingerprint density at radius 1 is 0.371 bits per heavy atom. The summed E-state index contributed by atoms with van der Waals surface area (Å²) in [7, 11) is 1.91. The summed E-state index contributed by atoms with van der Waals surface area (Å²) in [6, 6.07) is -10.8. The highest BCUT2D eigenvalue weighted by atomic mass is 33.1. The first kappa shape index (κ1) is 91.6. The van der Waals surface area contributed by atoms with Crippen LogP contribution in [0.5, 0.6) is 0 Å². The van der Waals surface area contributed by atoms with Gasteiger partial charge in [0.05, 0.1) is 11.0 Å². The maximum Gasteiger partial charge on any atom is 0.327 e. The average Bonchev–Trinajstić information content (AvgIpc) is 0.891. The monoisotopic (exact) mass is 1520 g/mol. The lowest BCUT2D eigenvalue weighted by Crippen LogP contribution is -2.60. The van der Waals surface area contributed by atoms with Gasteiger partial charge in [-0.1, -0.05) is 10.8 Å². The van der Waals surface area contributed by atoms with E-state index in [0.717, 1.165) is 27.8 Å². The van der Waals surface area contributed by atoms with Crippen LogP contribution in [0.2, 0.25) is 0 Å². The maximum atomic E-state index is 14.9. The number of nitrogens with zero attached hydrogens (tertiary/aromatic N) is 10. The number of pyridine rings is 1. The van der Waals surface area contributed by atoms with Crippen molar-refractivity contribution in [3.8, 4) is 0 Å². The van der Waals surface area contributed by atoms with E-state index in [4.69, 9.17) is 97.5 Å². The molecule has 1 aromatic rings. The van der Waals surface area contributed by atoms with Crippen LogP contribution in [0.1, 0.15) is 103 Å². The van der Waals surface area contributed by atoms with Crippen molar-refractivity contribution in [2.45, 2.75) is 162 Å². The summed E-state index contributed by atoms with van der Waals surface area (Å²) >= 11 is 0. The second kappa shape index (κ2) is 51.7. The van der Waals surface area contributed by atoms with Gasteiger partial charge in [-0.25, -0.2) is 9.78 Å². The number of carbonyl (C=O) groups excluding carboxylic acids is 8. The summed E-state index contributed by atoms with van der Waals surface area (Å²) in [6.45, 7) is -0.243. The van der Waals surface area contributed by atoms with Crippen molar-refractivity contribution in [1.82, 2.24) is 47.5 Å². The fourth-order valence-electron chi connectivity index (χ4n) is 9.11. The van der Waals surface area contributed by atoms with Gasteiger partial charge in [-0.2, -0.15) is 0 Å². The number of guanidine groups is 8. The number of hydrogen-bond donors (Lipinski definition) is 26. The zero-order chi connectivity index (χ0) is 79.0. The van der Waals surface area contributed by atoms with Gasteiger partial charge in [0.2, 0.25) is 47.3 Å². The van der Waals surface area contributed by atoms with Gasteiger partial charge in [0, 0.05) is 64.2 Å². The third kappa shape index (κ3) is 43.2. The molecule has 0 saturated carbocycles. The van der Waals surface area contributed by atoms with Gasteiger partial charge < -0.3 is 145 Å². The lowest BCUT2D eigenvalue weighted by Gasteiger charge is -2.28. The fourth-order valence-corrected chi connectivity index (χ4v) is 11.1. The van der Waals surface area contributed by atoms with Crippen molar-refractivity contribution < 1.29 is 53.2 Å². The molecule has 0 bridgehead atoms. The molecule has 0 unspecified atom stereocenters. The Morgan fingerprint density at radius 2 is 0.590 bits per heavy atom. The Hall–Kier alpha value is -11.4. The molecule has 588 valence electrons. The molecule has 9 atom stereocenters. The summed E-state index contributed by atoms with van der Waals surface area (Å²) in [4.78, 5) is 174. The predicted molar refractivity (Wildman–Crippen MR) is 400 cm³/mol. The number of aliphatic imine (C=N–C) groups is 8. The Balaban J connectivity index is 3.97. The number of carboxylic acids is 1. The Kier molecular flexibility index (Phi) is 45.1. The molecular formula is C56H105N35O12S2. The molecule has 1 aromatic heterocycles. The molecule has 0 aliphatic carbocycles. The van der Waals surface area contributed by atoms with Gasteiger partial charge in [0.1, 0.15) is 59.6 Å². The lowest BCUT2D eigenvalue weighted by atomic mass is 10.0. The lowest BCUT2D eigenvalue weighted by molar-refractivity contribution is -0.385. The molecule has 0 aliphatic rings. The summed E-state index contributed by atoms with van der Waals surface area (Å²) in [5.41, 5.74) is 94.7. The van der Waals surface area contributed by atoms with E-state index in [0.29, 0.717) is 6.42 Å². The van der Waals surface area contributed by atoms with Gasteiger partial charge in [-0.3, -0.25) is 88.4 Å². The number of hydrogen-bond acceptors (Lipinski definition) is 23. The van der Waals surface area contributed by atoms with Gasteiger partial charge >= 0.3 is 5.97 Å². The van der Waals surface area contributed by atoms with E-state index in [1.54, 1.807) is 0 Å². The molecule has 8 amide bonds. The minimum absolute atomic E-state index is 0.00101. The van der Waals surface area contributed by atoms with Crippen LogP contribution in [-0.2, 0) is 43.2 Å². The number of nitrogens with one attached hydrogen (secondary N) is 8. The Labute approximate surface area is 612 Å². The molecule has 49 heteroatoms. The number of nitrogens with two attached hydrogens (primary N) is 17. The van der Waals surface area contributed by atoms with E-state index in [1.165, 1.54) is 12.1 Å². The van der Waals surface area contributed by atoms with Crippen molar-refractivity contribution in [3.05, 3.63) is 28.4 Å². The first-order valence-corrected chi connectivity index (χ1v) is 35.2. The van der Waals surface area contributed by atoms with E-state index in [-0.39, 0.29) is 213 Å². The standard InChI is InChI=1S/C56H105N35O12S2/c57-30(9-1-19-74-49(58)59)40(92)83-31(10-2-20-75-50(60)61)41(93)84-32(11-3-21-76-51(62)63)42(94)85-33(12-4-22-77-52(64)65)43(95)86-34(13-5-23-78-53(66)67)44(96)87-35(14-6-24-79-54(68)69)45(97)88-36(15-7-25-80-55(70)71)46(98)89-37(16-8-26-81-56(72)73)47(99)90-38(48(100)101)28-104-105-39-18-17-29(27-82-39)91(102)103/h17-18,27,30-38H,1-16,19-26,28,57H2,(H,83,92)(H,84,93)(H,85,94)(H,86,95)(H,87,96)(H,88,97)(H,89,98)(H,90,99)(H,100,101)(H4,58,59,74)(H4,60,61,75)(H4,62,63,76)(H4,64,65,77)(H4,66,67,78)(H4,68,69,79)(H4,70,71,80)(H4,72,73,81)/t30-,31-,32-,33-,34-,35-,36-,37-,38-/m0/s1. The first-order chi connectivity index (χ1) is 49.6. The topological polar surface area (TPSA) is 867 Å². The molecule has 0 fully saturated rings. The average molecular weight is 1520 g/mol. The summed E-state index contributed by atoms with van der Waals surface area (Å²) < 4.78 is 0. The minimum Gasteiger partial charge on any atom is -0.480 e. The summed E-state index contributed by atoms with van der Waals surface area (Å²) in [6.07, 6.45) is 0.284. The molecule has 0 aromatic carbocycles. The normalized spacial score (nSPS) is 13.2. The largest absolute Gasteiger partial charge is 0.480 e. The molecule has 0 saturated heterocycles. The van der Waals surface area contributed by atoms with Gasteiger partial charge in [-0.15, -0.1) is 0 Å². The highest BCUT2D eigenvalue weighted by Gasteiger charge is 2.35. The molecule has 47 nitrogen and oxygen atoms in total. The molecule has 43 N–H and O–H groups in total. The van der Waals surface area contributed by atoms with E-state index in [1.807, 2.05) is 0 Å². The van der Waals surface area contributed by atoms with Crippen molar-refractivity contribution in [2.75, 3.05) is 58.1 Å². The van der Waals surface area contributed by atoms with Crippen LogP contribution < -0.4 is 140 Å².